The molecule has 0 radical (unpaired) electrons. The lowest BCUT2D eigenvalue weighted by molar-refractivity contribution is 0.0329. The molecule has 1 aromatic rings. The topological polar surface area (TPSA) is 61.8 Å². The molecule has 1 aromatic carbocycles. The lowest BCUT2D eigenvalue weighted by Crippen LogP contribution is -2.21. The van der Waals surface area contributed by atoms with Crippen LogP contribution in [0.15, 0.2) is 17.0 Å². The molecular formula is C13H18O5S. The summed E-state index contributed by atoms with van der Waals surface area (Å²) in [6, 6.07) is 3.66. The maximum absolute atomic E-state index is 12.2. The van der Waals surface area contributed by atoms with E-state index in [2.05, 4.69) is 0 Å². The van der Waals surface area contributed by atoms with Gasteiger partial charge in [-0.15, -0.1) is 0 Å². The Morgan fingerprint density at radius 3 is 2.42 bits per heavy atom. The molecule has 0 aliphatic carbocycles. The minimum atomic E-state index is -3.76. The first-order chi connectivity index (χ1) is 8.90. The molecule has 0 saturated carbocycles. The Kier molecular flexibility index (Phi) is 4.25. The van der Waals surface area contributed by atoms with Crippen LogP contribution in [-0.2, 0) is 23.8 Å². The van der Waals surface area contributed by atoms with Gasteiger partial charge in [0, 0.05) is 0 Å². The predicted molar refractivity (Wildman–Crippen MR) is 69.5 cm³/mol. The largest absolute Gasteiger partial charge is 0.353 e. The molecule has 0 aromatic heterocycles. The Bertz CT molecular complexity index is 535. The van der Waals surface area contributed by atoms with Crippen LogP contribution in [0.25, 0.3) is 0 Å². The third-order valence-electron chi connectivity index (χ3n) is 2.95. The molecule has 1 atom stereocenters. The van der Waals surface area contributed by atoms with Gasteiger partial charge in [0.15, 0.2) is 0 Å². The quantitative estimate of drug-likeness (QED) is 0.788. The maximum Gasteiger partial charge on any atom is 0.297 e. The number of hydrogen-bond donors (Lipinski definition) is 0. The fourth-order valence-electron chi connectivity index (χ4n) is 2.25. The van der Waals surface area contributed by atoms with Gasteiger partial charge in [0.2, 0.25) is 0 Å². The molecule has 1 unspecified atom stereocenters. The SMILES string of the molecule is Cc1cc(C)c(S(=O)(=O)OCC2COCO2)c(C)c1. The molecule has 6 heteroatoms. The summed E-state index contributed by atoms with van der Waals surface area (Å²) in [6.45, 7) is 6.00. The van der Waals surface area contributed by atoms with Crippen LogP contribution in [0, 0.1) is 20.8 Å². The summed E-state index contributed by atoms with van der Waals surface area (Å²) in [6.07, 6.45) is -0.319. The summed E-state index contributed by atoms with van der Waals surface area (Å²) < 4.78 is 39.7. The zero-order valence-electron chi connectivity index (χ0n) is 11.3. The van der Waals surface area contributed by atoms with Gasteiger partial charge in [-0.1, -0.05) is 17.7 Å². The fraction of sp³-hybridized carbons (Fsp3) is 0.538. The average molecular weight is 286 g/mol. The number of benzene rings is 1. The summed E-state index contributed by atoms with van der Waals surface area (Å²) in [4.78, 5) is 0.247. The lowest BCUT2D eigenvalue weighted by atomic mass is 10.1. The van der Waals surface area contributed by atoms with E-state index >= 15 is 0 Å². The normalized spacial score (nSPS) is 19.8. The first kappa shape index (κ1) is 14.5. The zero-order chi connectivity index (χ0) is 14.0. The van der Waals surface area contributed by atoms with Crippen LogP contribution in [0.4, 0.5) is 0 Å². The molecule has 1 fully saturated rings. The van der Waals surface area contributed by atoms with Crippen molar-refractivity contribution in [1.29, 1.82) is 0 Å². The van der Waals surface area contributed by atoms with Crippen molar-refractivity contribution in [2.24, 2.45) is 0 Å². The van der Waals surface area contributed by atoms with Crippen LogP contribution in [-0.4, -0.2) is 34.5 Å². The van der Waals surface area contributed by atoms with Crippen molar-refractivity contribution >= 4 is 10.1 Å². The molecule has 106 valence electrons. The smallest absolute Gasteiger partial charge is 0.297 e. The van der Waals surface area contributed by atoms with Gasteiger partial charge in [-0.05, 0) is 31.9 Å². The second-order valence-electron chi connectivity index (χ2n) is 4.74. The molecule has 1 aliphatic rings. The summed E-state index contributed by atoms with van der Waals surface area (Å²) in [5, 5.41) is 0. The molecular weight excluding hydrogens is 268 g/mol. The highest BCUT2D eigenvalue weighted by Gasteiger charge is 2.24. The summed E-state index contributed by atoms with van der Waals surface area (Å²) >= 11 is 0. The molecule has 19 heavy (non-hydrogen) atoms. The summed E-state index contributed by atoms with van der Waals surface area (Å²) in [5.41, 5.74) is 2.42. The molecule has 0 spiro atoms. The molecule has 0 bridgehead atoms. The van der Waals surface area contributed by atoms with Crippen molar-refractivity contribution in [3.05, 3.63) is 28.8 Å². The second-order valence-corrected chi connectivity index (χ2v) is 6.30. The van der Waals surface area contributed by atoms with Crippen molar-refractivity contribution < 1.29 is 22.1 Å². The van der Waals surface area contributed by atoms with Crippen LogP contribution >= 0.6 is 0 Å². The van der Waals surface area contributed by atoms with E-state index in [-0.39, 0.29) is 24.4 Å². The van der Waals surface area contributed by atoms with Gasteiger partial charge >= 0.3 is 0 Å². The summed E-state index contributed by atoms with van der Waals surface area (Å²) in [7, 11) is -3.76. The van der Waals surface area contributed by atoms with E-state index < -0.39 is 10.1 Å². The Labute approximate surface area is 113 Å². The lowest BCUT2D eigenvalue weighted by Gasteiger charge is -2.13. The van der Waals surface area contributed by atoms with Crippen molar-refractivity contribution in [2.75, 3.05) is 20.0 Å². The fourth-order valence-corrected chi connectivity index (χ4v) is 3.61. The average Bonchev–Trinajstić information content (AvgIpc) is 2.77. The third-order valence-corrected chi connectivity index (χ3v) is 4.54. The second kappa shape index (κ2) is 5.58. The van der Waals surface area contributed by atoms with E-state index in [1.165, 1.54) is 0 Å². The Morgan fingerprint density at radius 1 is 1.26 bits per heavy atom. The monoisotopic (exact) mass is 286 g/mol. The number of aryl methyl sites for hydroxylation is 3. The minimum Gasteiger partial charge on any atom is -0.353 e. The van der Waals surface area contributed by atoms with Gasteiger partial charge in [-0.25, -0.2) is 0 Å². The molecule has 5 nitrogen and oxygen atoms in total. The van der Waals surface area contributed by atoms with E-state index in [9.17, 15) is 8.42 Å². The van der Waals surface area contributed by atoms with Crippen LogP contribution in [0.2, 0.25) is 0 Å². The van der Waals surface area contributed by atoms with Gasteiger partial charge in [-0.3, -0.25) is 4.18 Å². The van der Waals surface area contributed by atoms with Crippen LogP contribution in [0.1, 0.15) is 16.7 Å². The van der Waals surface area contributed by atoms with Gasteiger partial charge in [0.05, 0.1) is 18.1 Å². The molecule has 0 N–H and O–H groups in total. The predicted octanol–water partition coefficient (Wildman–Crippen LogP) is 1.69. The minimum absolute atomic E-state index is 0.0188. The number of hydrogen-bond acceptors (Lipinski definition) is 5. The molecule has 2 rings (SSSR count). The van der Waals surface area contributed by atoms with E-state index in [1.807, 2.05) is 19.1 Å². The zero-order valence-corrected chi connectivity index (χ0v) is 12.1. The number of ether oxygens (including phenoxy) is 2. The van der Waals surface area contributed by atoms with Crippen LogP contribution in [0.3, 0.4) is 0 Å². The third kappa shape index (κ3) is 3.33. The molecule has 1 heterocycles. The Hall–Kier alpha value is -0.950. The first-order valence-corrected chi connectivity index (χ1v) is 7.47. The van der Waals surface area contributed by atoms with Crippen LogP contribution in [0.5, 0.6) is 0 Å². The van der Waals surface area contributed by atoms with Crippen molar-refractivity contribution in [2.45, 2.75) is 31.8 Å². The molecule has 1 saturated heterocycles. The number of rotatable bonds is 4. The van der Waals surface area contributed by atoms with Gasteiger partial charge in [0.1, 0.15) is 12.9 Å². The Balaban J connectivity index is 2.19. The highest BCUT2D eigenvalue weighted by molar-refractivity contribution is 7.86. The van der Waals surface area contributed by atoms with E-state index in [4.69, 9.17) is 13.7 Å². The van der Waals surface area contributed by atoms with E-state index in [0.29, 0.717) is 17.7 Å². The Morgan fingerprint density at radius 2 is 1.89 bits per heavy atom. The summed E-state index contributed by atoms with van der Waals surface area (Å²) in [5.74, 6) is 0. The standard InChI is InChI=1S/C13H18O5S/c1-9-4-10(2)13(11(3)5-9)19(14,15)18-7-12-6-16-8-17-12/h4-5,12H,6-8H2,1-3H3. The highest BCUT2D eigenvalue weighted by Crippen LogP contribution is 2.24. The van der Waals surface area contributed by atoms with Crippen molar-refractivity contribution in [3.8, 4) is 0 Å². The highest BCUT2D eigenvalue weighted by atomic mass is 32.2. The van der Waals surface area contributed by atoms with Gasteiger partial charge in [-0.2, -0.15) is 8.42 Å². The van der Waals surface area contributed by atoms with E-state index in [1.54, 1.807) is 13.8 Å². The van der Waals surface area contributed by atoms with Crippen molar-refractivity contribution in [3.63, 3.8) is 0 Å². The molecule has 1 aliphatic heterocycles. The first-order valence-electron chi connectivity index (χ1n) is 6.07. The van der Waals surface area contributed by atoms with Gasteiger partial charge in [0.25, 0.3) is 10.1 Å². The maximum atomic E-state index is 12.2. The van der Waals surface area contributed by atoms with Crippen LogP contribution < -0.4 is 0 Å². The van der Waals surface area contributed by atoms with Gasteiger partial charge < -0.3 is 9.47 Å². The van der Waals surface area contributed by atoms with E-state index in [0.717, 1.165) is 5.56 Å². The molecule has 0 amide bonds. The van der Waals surface area contributed by atoms with Crippen molar-refractivity contribution in [1.82, 2.24) is 0 Å².